The van der Waals surface area contributed by atoms with Crippen molar-refractivity contribution in [3.05, 3.63) is 35.6 Å². The second kappa shape index (κ2) is 4.93. The van der Waals surface area contributed by atoms with Crippen LogP contribution >= 0.6 is 0 Å². The highest BCUT2D eigenvalue weighted by atomic mass is 19.1. The van der Waals surface area contributed by atoms with E-state index in [9.17, 15) is 9.50 Å². The summed E-state index contributed by atoms with van der Waals surface area (Å²) in [5.74, 6) is -0.211. The average Bonchev–Trinajstić information content (AvgIpc) is 2.65. The number of aliphatic hydroxyl groups is 1. The Bertz CT molecular complexity index is 338. The van der Waals surface area contributed by atoms with Crippen LogP contribution in [0.2, 0.25) is 0 Å². The standard InChI is InChI=1S/C13H18FNO/c1-9(10-5-7-11(14)8-6-10)15-12-3-2-4-13(12)16/h5-9,12-13,15-16H,2-4H2,1H3/t9-,12+,13+/m0/s1. The lowest BCUT2D eigenvalue weighted by Crippen LogP contribution is -2.37. The maximum Gasteiger partial charge on any atom is 0.123 e. The van der Waals surface area contributed by atoms with Gasteiger partial charge >= 0.3 is 0 Å². The molecule has 1 aromatic rings. The van der Waals surface area contributed by atoms with E-state index in [2.05, 4.69) is 5.32 Å². The third-order valence-corrected chi connectivity index (χ3v) is 3.31. The number of rotatable bonds is 3. The van der Waals surface area contributed by atoms with E-state index in [1.54, 1.807) is 12.1 Å². The maximum atomic E-state index is 12.8. The molecule has 0 aromatic heterocycles. The van der Waals surface area contributed by atoms with Crippen molar-refractivity contribution in [2.24, 2.45) is 0 Å². The monoisotopic (exact) mass is 223 g/mol. The molecule has 88 valence electrons. The van der Waals surface area contributed by atoms with Crippen LogP contribution in [0.15, 0.2) is 24.3 Å². The molecule has 2 nitrogen and oxygen atoms in total. The third kappa shape index (κ3) is 2.60. The molecule has 1 saturated carbocycles. The van der Waals surface area contributed by atoms with Crippen LogP contribution in [0.4, 0.5) is 4.39 Å². The minimum atomic E-state index is -0.233. The van der Waals surface area contributed by atoms with Crippen LogP contribution in [-0.2, 0) is 0 Å². The first-order chi connectivity index (χ1) is 7.66. The molecule has 0 amide bonds. The van der Waals surface area contributed by atoms with Gasteiger partial charge in [-0.3, -0.25) is 0 Å². The van der Waals surface area contributed by atoms with Crippen molar-refractivity contribution >= 4 is 0 Å². The molecule has 3 atom stereocenters. The van der Waals surface area contributed by atoms with Crippen LogP contribution in [-0.4, -0.2) is 17.3 Å². The van der Waals surface area contributed by atoms with Gasteiger partial charge in [0.2, 0.25) is 0 Å². The lowest BCUT2D eigenvalue weighted by atomic mass is 10.1. The Morgan fingerprint density at radius 2 is 2.00 bits per heavy atom. The number of hydrogen-bond donors (Lipinski definition) is 2. The fraction of sp³-hybridized carbons (Fsp3) is 0.538. The van der Waals surface area contributed by atoms with E-state index in [0.717, 1.165) is 24.8 Å². The summed E-state index contributed by atoms with van der Waals surface area (Å²) in [5.41, 5.74) is 1.06. The Hall–Kier alpha value is -0.930. The van der Waals surface area contributed by atoms with Gasteiger partial charge in [0.1, 0.15) is 5.82 Å². The summed E-state index contributed by atoms with van der Waals surface area (Å²) in [7, 11) is 0. The Morgan fingerprint density at radius 1 is 1.31 bits per heavy atom. The molecule has 1 aromatic carbocycles. The van der Waals surface area contributed by atoms with Crippen molar-refractivity contribution in [1.29, 1.82) is 0 Å². The second-order valence-corrected chi connectivity index (χ2v) is 4.54. The molecule has 2 rings (SSSR count). The van der Waals surface area contributed by atoms with Crippen molar-refractivity contribution in [3.8, 4) is 0 Å². The van der Waals surface area contributed by atoms with Crippen LogP contribution in [0.3, 0.4) is 0 Å². The first-order valence-electron chi connectivity index (χ1n) is 5.86. The zero-order valence-corrected chi connectivity index (χ0v) is 9.49. The molecular weight excluding hydrogens is 205 g/mol. The molecule has 16 heavy (non-hydrogen) atoms. The molecule has 0 saturated heterocycles. The van der Waals surface area contributed by atoms with Gasteiger partial charge in [0.25, 0.3) is 0 Å². The summed E-state index contributed by atoms with van der Waals surface area (Å²) in [5, 5.41) is 13.1. The van der Waals surface area contributed by atoms with Gasteiger partial charge in [-0.15, -0.1) is 0 Å². The zero-order valence-electron chi connectivity index (χ0n) is 9.49. The Morgan fingerprint density at radius 3 is 2.56 bits per heavy atom. The van der Waals surface area contributed by atoms with Crippen LogP contribution < -0.4 is 5.32 Å². The number of halogens is 1. The zero-order chi connectivity index (χ0) is 11.5. The lowest BCUT2D eigenvalue weighted by Gasteiger charge is -2.22. The van der Waals surface area contributed by atoms with E-state index in [0.29, 0.717) is 0 Å². The highest BCUT2D eigenvalue weighted by Crippen LogP contribution is 2.22. The highest BCUT2D eigenvalue weighted by molar-refractivity contribution is 5.19. The topological polar surface area (TPSA) is 32.3 Å². The molecule has 1 fully saturated rings. The van der Waals surface area contributed by atoms with E-state index in [1.807, 2.05) is 6.92 Å². The molecule has 0 bridgehead atoms. The van der Waals surface area contributed by atoms with Gasteiger partial charge in [0.15, 0.2) is 0 Å². The van der Waals surface area contributed by atoms with Crippen LogP contribution in [0.5, 0.6) is 0 Å². The van der Waals surface area contributed by atoms with Gasteiger partial charge < -0.3 is 10.4 Å². The molecule has 1 aliphatic rings. The normalized spacial score (nSPS) is 26.9. The predicted octanol–water partition coefficient (Wildman–Crippen LogP) is 2.39. The molecule has 0 unspecified atom stereocenters. The molecular formula is C13H18FNO. The summed E-state index contributed by atoms with van der Waals surface area (Å²) < 4.78 is 12.8. The van der Waals surface area contributed by atoms with Gasteiger partial charge in [-0.2, -0.15) is 0 Å². The molecule has 2 N–H and O–H groups in total. The van der Waals surface area contributed by atoms with E-state index in [-0.39, 0.29) is 24.0 Å². The fourth-order valence-electron chi connectivity index (χ4n) is 2.30. The molecule has 1 aliphatic carbocycles. The van der Waals surface area contributed by atoms with Crippen molar-refractivity contribution in [1.82, 2.24) is 5.32 Å². The summed E-state index contributed by atoms with van der Waals surface area (Å²) >= 11 is 0. The smallest absolute Gasteiger partial charge is 0.123 e. The van der Waals surface area contributed by atoms with Crippen LogP contribution in [0.25, 0.3) is 0 Å². The quantitative estimate of drug-likeness (QED) is 0.824. The largest absolute Gasteiger partial charge is 0.392 e. The van der Waals surface area contributed by atoms with Gasteiger partial charge in [0.05, 0.1) is 6.10 Å². The summed E-state index contributed by atoms with van der Waals surface area (Å²) in [6.45, 7) is 2.04. The second-order valence-electron chi connectivity index (χ2n) is 4.54. The van der Waals surface area contributed by atoms with Gasteiger partial charge in [0, 0.05) is 12.1 Å². The van der Waals surface area contributed by atoms with Gasteiger partial charge in [-0.1, -0.05) is 12.1 Å². The molecule has 0 aliphatic heterocycles. The minimum absolute atomic E-state index is 0.151. The van der Waals surface area contributed by atoms with Crippen LogP contribution in [0.1, 0.15) is 37.8 Å². The Labute approximate surface area is 95.5 Å². The molecule has 0 spiro atoms. The number of nitrogens with one attached hydrogen (secondary N) is 1. The molecule has 0 heterocycles. The number of hydrogen-bond acceptors (Lipinski definition) is 2. The van der Waals surface area contributed by atoms with E-state index >= 15 is 0 Å². The molecule has 3 heteroatoms. The fourth-order valence-corrected chi connectivity index (χ4v) is 2.30. The van der Waals surface area contributed by atoms with Crippen molar-refractivity contribution < 1.29 is 9.50 Å². The predicted molar refractivity (Wildman–Crippen MR) is 61.6 cm³/mol. The van der Waals surface area contributed by atoms with Gasteiger partial charge in [-0.05, 0) is 43.9 Å². The first kappa shape index (κ1) is 11.6. The Kier molecular flexibility index (Phi) is 3.56. The van der Waals surface area contributed by atoms with Crippen molar-refractivity contribution in [2.45, 2.75) is 44.4 Å². The van der Waals surface area contributed by atoms with Crippen molar-refractivity contribution in [2.75, 3.05) is 0 Å². The SMILES string of the molecule is C[C@H](N[C@@H]1CCC[C@H]1O)c1ccc(F)cc1. The van der Waals surface area contributed by atoms with E-state index < -0.39 is 0 Å². The summed E-state index contributed by atoms with van der Waals surface area (Å²) in [6.07, 6.45) is 2.75. The van der Waals surface area contributed by atoms with E-state index in [1.165, 1.54) is 12.1 Å². The number of aliphatic hydroxyl groups excluding tert-OH is 1. The van der Waals surface area contributed by atoms with Gasteiger partial charge in [-0.25, -0.2) is 4.39 Å². The maximum absolute atomic E-state index is 12.8. The molecule has 0 radical (unpaired) electrons. The van der Waals surface area contributed by atoms with Crippen molar-refractivity contribution in [3.63, 3.8) is 0 Å². The summed E-state index contributed by atoms with van der Waals surface area (Å²) in [6, 6.07) is 6.85. The third-order valence-electron chi connectivity index (χ3n) is 3.31. The highest BCUT2D eigenvalue weighted by Gasteiger charge is 2.26. The van der Waals surface area contributed by atoms with Crippen LogP contribution in [0, 0.1) is 5.82 Å². The lowest BCUT2D eigenvalue weighted by molar-refractivity contribution is 0.144. The summed E-state index contributed by atoms with van der Waals surface area (Å²) in [4.78, 5) is 0. The average molecular weight is 223 g/mol. The van der Waals surface area contributed by atoms with E-state index in [4.69, 9.17) is 0 Å². The minimum Gasteiger partial charge on any atom is -0.392 e. The number of benzene rings is 1. The first-order valence-corrected chi connectivity index (χ1v) is 5.86. The Balaban J connectivity index is 1.97.